The van der Waals surface area contributed by atoms with Crippen LogP contribution in [0.3, 0.4) is 0 Å². The maximum Gasteiger partial charge on any atom is 0.186 e. The summed E-state index contributed by atoms with van der Waals surface area (Å²) >= 11 is 1.12. The third-order valence-corrected chi connectivity index (χ3v) is 2.40. The first-order chi connectivity index (χ1) is 7.63. The van der Waals surface area contributed by atoms with Crippen molar-refractivity contribution in [2.24, 2.45) is 5.84 Å². The highest BCUT2D eigenvalue weighted by atomic mass is 32.2. The molecule has 0 aliphatic carbocycles. The number of carbonyl (C=O) groups excluding carboxylic acids is 1. The quantitative estimate of drug-likeness (QED) is 0.468. The number of thioether (sulfide) groups is 1. The summed E-state index contributed by atoms with van der Waals surface area (Å²) in [6.45, 7) is 1.48. The minimum Gasteiger partial charge on any atom is -0.321 e. The molecule has 3 nitrogen and oxygen atoms in total. The molecule has 1 rings (SSSR count). The minimum absolute atomic E-state index is 0.0168. The van der Waals surface area contributed by atoms with E-state index in [-0.39, 0.29) is 10.8 Å². The molecule has 1 aromatic rings. The Morgan fingerprint density at radius 2 is 2.38 bits per heavy atom. The van der Waals surface area contributed by atoms with E-state index >= 15 is 0 Å². The highest BCUT2D eigenvalue weighted by molar-refractivity contribution is 8.13. The second-order valence-corrected chi connectivity index (χ2v) is 4.07. The molecule has 0 aliphatic heterocycles. The Bertz CT molecular complexity index is 451. The molecule has 0 unspecified atom stereocenters. The molecule has 0 bridgehead atoms. The fourth-order valence-electron chi connectivity index (χ4n) is 0.986. The molecule has 16 heavy (non-hydrogen) atoms. The number of halogens is 1. The van der Waals surface area contributed by atoms with E-state index in [1.54, 1.807) is 6.07 Å². The van der Waals surface area contributed by atoms with Crippen LogP contribution in [0.25, 0.3) is 0 Å². The molecule has 5 heteroatoms. The summed E-state index contributed by atoms with van der Waals surface area (Å²) in [5.74, 6) is 10.6. The molecular formula is C11H11FN2OS. The van der Waals surface area contributed by atoms with Gasteiger partial charge >= 0.3 is 0 Å². The second kappa shape index (κ2) is 6.16. The Morgan fingerprint density at radius 3 is 2.94 bits per heavy atom. The number of nitrogens with two attached hydrogens (primary N) is 1. The zero-order chi connectivity index (χ0) is 12.0. The smallest absolute Gasteiger partial charge is 0.186 e. The van der Waals surface area contributed by atoms with Gasteiger partial charge in [-0.1, -0.05) is 23.6 Å². The van der Waals surface area contributed by atoms with Crippen molar-refractivity contribution in [1.82, 2.24) is 0 Å². The summed E-state index contributed by atoms with van der Waals surface area (Å²) in [7, 11) is 0. The minimum atomic E-state index is -0.450. The lowest BCUT2D eigenvalue weighted by molar-refractivity contribution is -0.109. The van der Waals surface area contributed by atoms with Gasteiger partial charge < -0.3 is 5.43 Å². The Morgan fingerprint density at radius 1 is 1.62 bits per heavy atom. The highest BCUT2D eigenvalue weighted by Crippen LogP contribution is 2.13. The van der Waals surface area contributed by atoms with Crippen LogP contribution in [0, 0.1) is 17.7 Å². The molecule has 0 fully saturated rings. The van der Waals surface area contributed by atoms with E-state index < -0.39 is 5.82 Å². The number of hydrazine groups is 1. The largest absolute Gasteiger partial charge is 0.321 e. The number of nitrogen functional groups attached to an aromatic ring is 1. The molecule has 0 spiro atoms. The van der Waals surface area contributed by atoms with Crippen LogP contribution in [0.2, 0.25) is 0 Å². The van der Waals surface area contributed by atoms with E-state index in [2.05, 4.69) is 17.3 Å². The van der Waals surface area contributed by atoms with Crippen molar-refractivity contribution in [2.45, 2.75) is 6.92 Å². The third-order valence-electron chi connectivity index (χ3n) is 1.70. The molecule has 84 valence electrons. The van der Waals surface area contributed by atoms with Gasteiger partial charge in [-0.2, -0.15) is 0 Å². The number of nitrogens with one attached hydrogen (secondary N) is 1. The zero-order valence-electron chi connectivity index (χ0n) is 8.71. The number of anilines is 1. The van der Waals surface area contributed by atoms with Gasteiger partial charge in [-0.15, -0.1) is 0 Å². The van der Waals surface area contributed by atoms with Crippen LogP contribution in [0.1, 0.15) is 12.5 Å². The lowest BCUT2D eigenvalue weighted by Gasteiger charge is -2.00. The van der Waals surface area contributed by atoms with E-state index in [1.807, 2.05) is 0 Å². The van der Waals surface area contributed by atoms with E-state index in [9.17, 15) is 9.18 Å². The molecule has 0 amide bonds. The number of benzene rings is 1. The normalized spacial score (nSPS) is 9.19. The van der Waals surface area contributed by atoms with Crippen molar-refractivity contribution < 1.29 is 9.18 Å². The first-order valence-corrected chi connectivity index (χ1v) is 5.50. The van der Waals surface area contributed by atoms with Gasteiger partial charge in [0, 0.05) is 12.5 Å². The third kappa shape index (κ3) is 3.93. The van der Waals surface area contributed by atoms with Crippen LogP contribution in [-0.4, -0.2) is 10.9 Å². The predicted molar refractivity (Wildman–Crippen MR) is 64.2 cm³/mol. The van der Waals surface area contributed by atoms with Crippen molar-refractivity contribution in [3.63, 3.8) is 0 Å². The van der Waals surface area contributed by atoms with Gasteiger partial charge in [0.1, 0.15) is 5.82 Å². The maximum atomic E-state index is 13.2. The summed E-state index contributed by atoms with van der Waals surface area (Å²) in [4.78, 5) is 10.6. The first-order valence-electron chi connectivity index (χ1n) is 4.52. The second-order valence-electron chi connectivity index (χ2n) is 2.92. The molecule has 0 aliphatic rings. The van der Waals surface area contributed by atoms with Crippen LogP contribution in [-0.2, 0) is 4.79 Å². The van der Waals surface area contributed by atoms with Gasteiger partial charge in [-0.25, -0.2) is 4.39 Å². The first kappa shape index (κ1) is 12.6. The maximum absolute atomic E-state index is 13.2. The average molecular weight is 238 g/mol. The van der Waals surface area contributed by atoms with Gasteiger partial charge in [0.2, 0.25) is 0 Å². The van der Waals surface area contributed by atoms with Crippen LogP contribution >= 0.6 is 11.8 Å². The number of rotatable bonds is 2. The molecule has 0 saturated carbocycles. The van der Waals surface area contributed by atoms with Gasteiger partial charge in [0.05, 0.1) is 11.4 Å². The van der Waals surface area contributed by atoms with Gasteiger partial charge in [0.25, 0.3) is 0 Å². The summed E-state index contributed by atoms with van der Waals surface area (Å²) in [6.07, 6.45) is 0. The standard InChI is InChI=1S/C11H11FN2OS/c1-8(15)16-6-2-3-9-4-5-11(14-13)10(12)7-9/h4-5,7,14H,6,13H2,1H3. The predicted octanol–water partition coefficient (Wildman–Crippen LogP) is 1.74. The summed E-state index contributed by atoms with van der Waals surface area (Å²) in [5, 5.41) is 0.0168. The van der Waals surface area contributed by atoms with Crippen molar-refractivity contribution in [3.05, 3.63) is 29.6 Å². The van der Waals surface area contributed by atoms with E-state index in [0.29, 0.717) is 11.3 Å². The molecule has 0 radical (unpaired) electrons. The van der Waals surface area contributed by atoms with E-state index in [0.717, 1.165) is 11.8 Å². The molecule has 3 N–H and O–H groups in total. The van der Waals surface area contributed by atoms with Gasteiger partial charge in [-0.05, 0) is 18.2 Å². The molecular weight excluding hydrogens is 227 g/mol. The monoisotopic (exact) mass is 238 g/mol. The Labute approximate surface area is 97.6 Å². The summed E-state index contributed by atoms with van der Waals surface area (Å²) < 4.78 is 13.2. The van der Waals surface area contributed by atoms with Crippen LogP contribution < -0.4 is 11.3 Å². The van der Waals surface area contributed by atoms with Gasteiger partial charge in [0.15, 0.2) is 5.12 Å². The average Bonchev–Trinajstić information content (AvgIpc) is 2.24. The SMILES string of the molecule is CC(=O)SCC#Cc1ccc(NN)c(F)c1. The lowest BCUT2D eigenvalue weighted by atomic mass is 10.2. The lowest BCUT2D eigenvalue weighted by Crippen LogP contribution is -2.08. The molecule has 0 heterocycles. The fourth-order valence-corrected chi connectivity index (χ4v) is 1.33. The number of carbonyl (C=O) groups is 1. The van der Waals surface area contributed by atoms with E-state index in [1.165, 1.54) is 19.1 Å². The molecule has 1 aromatic carbocycles. The zero-order valence-corrected chi connectivity index (χ0v) is 9.53. The molecule has 0 aromatic heterocycles. The Hall–Kier alpha value is -1.51. The highest BCUT2D eigenvalue weighted by Gasteiger charge is 1.99. The van der Waals surface area contributed by atoms with Crippen molar-refractivity contribution >= 4 is 22.6 Å². The van der Waals surface area contributed by atoms with Crippen LogP contribution in [0.15, 0.2) is 18.2 Å². The van der Waals surface area contributed by atoms with Crippen molar-refractivity contribution in [3.8, 4) is 11.8 Å². The van der Waals surface area contributed by atoms with Crippen LogP contribution in [0.4, 0.5) is 10.1 Å². The number of hydrogen-bond donors (Lipinski definition) is 2. The van der Waals surface area contributed by atoms with Crippen LogP contribution in [0.5, 0.6) is 0 Å². The van der Waals surface area contributed by atoms with Gasteiger partial charge in [-0.3, -0.25) is 10.6 Å². The van der Waals surface area contributed by atoms with Crippen molar-refractivity contribution in [2.75, 3.05) is 11.2 Å². The fraction of sp³-hybridized carbons (Fsp3) is 0.182. The number of hydrogen-bond acceptors (Lipinski definition) is 4. The molecule has 0 saturated heterocycles. The summed E-state index contributed by atoms with van der Waals surface area (Å²) in [6, 6.07) is 4.46. The Balaban J connectivity index is 2.67. The van der Waals surface area contributed by atoms with Crippen molar-refractivity contribution in [1.29, 1.82) is 0 Å². The summed E-state index contributed by atoms with van der Waals surface area (Å²) in [5.41, 5.74) is 3.01. The topological polar surface area (TPSA) is 55.1 Å². The van der Waals surface area contributed by atoms with E-state index in [4.69, 9.17) is 5.84 Å². The Kier molecular flexibility index (Phi) is 4.83. The molecule has 0 atom stereocenters.